The predicted octanol–water partition coefficient (Wildman–Crippen LogP) is 1.03. The summed E-state index contributed by atoms with van der Waals surface area (Å²) >= 11 is 0. The number of hydrogen-bond acceptors (Lipinski definition) is 5. The van der Waals surface area contributed by atoms with Gasteiger partial charge in [0.2, 0.25) is 26.0 Å². The maximum atomic E-state index is 11.9. The molecule has 1 fully saturated rings. The third-order valence-corrected chi connectivity index (χ3v) is 7.66. The van der Waals surface area contributed by atoms with Crippen LogP contribution < -0.4 is 9.62 Å². The summed E-state index contributed by atoms with van der Waals surface area (Å²) in [5.74, 6) is -0.0942. The van der Waals surface area contributed by atoms with Crippen molar-refractivity contribution in [3.8, 4) is 0 Å². The van der Waals surface area contributed by atoms with E-state index in [9.17, 15) is 21.6 Å². The van der Waals surface area contributed by atoms with E-state index in [1.165, 1.54) is 20.9 Å². The maximum absolute atomic E-state index is 11.9. The fourth-order valence-corrected chi connectivity index (χ4v) is 5.43. The number of hydrogen-bond donors (Lipinski definition) is 1. The van der Waals surface area contributed by atoms with Crippen LogP contribution in [-0.2, 0) is 24.8 Å². The van der Waals surface area contributed by atoms with Crippen molar-refractivity contribution in [2.45, 2.75) is 19.8 Å². The lowest BCUT2D eigenvalue weighted by atomic mass is 10.2. The average molecular weight is 430 g/mol. The molecule has 2 rings (SSSR count). The molecular weight excluding hydrogens is 402 g/mol. The Morgan fingerprint density at radius 1 is 1.29 bits per heavy atom. The van der Waals surface area contributed by atoms with Crippen LogP contribution in [0.15, 0.2) is 30.3 Å². The summed E-state index contributed by atoms with van der Waals surface area (Å²) in [5, 5.41) is 2.72. The summed E-state index contributed by atoms with van der Waals surface area (Å²) in [5.41, 5.74) is 1.41. The molecule has 1 N–H and O–H groups in total. The molecule has 10 heteroatoms. The summed E-state index contributed by atoms with van der Waals surface area (Å²) in [6, 6.07) is 6.98. The summed E-state index contributed by atoms with van der Waals surface area (Å²) in [6.07, 6.45) is 5.37. The highest BCUT2D eigenvalue weighted by Gasteiger charge is 2.28. The minimum Gasteiger partial charge on any atom is -0.353 e. The molecule has 28 heavy (non-hydrogen) atoms. The lowest BCUT2D eigenvalue weighted by Gasteiger charge is -2.17. The van der Waals surface area contributed by atoms with Gasteiger partial charge >= 0.3 is 0 Å². The Bertz CT molecular complexity index is 909. The second-order valence-corrected chi connectivity index (χ2v) is 10.6. The molecule has 0 aliphatic carbocycles. The molecule has 8 nitrogen and oxygen atoms in total. The van der Waals surface area contributed by atoms with E-state index in [1.54, 1.807) is 37.3 Å². The summed E-state index contributed by atoms with van der Waals surface area (Å²) < 4.78 is 49.6. The lowest BCUT2D eigenvalue weighted by molar-refractivity contribution is -0.116. The molecule has 0 radical (unpaired) electrons. The highest BCUT2D eigenvalue weighted by molar-refractivity contribution is 7.93. The average Bonchev–Trinajstić information content (AvgIpc) is 2.98. The van der Waals surface area contributed by atoms with E-state index in [0.29, 0.717) is 44.7 Å². The highest BCUT2D eigenvalue weighted by Crippen LogP contribution is 2.24. The molecule has 1 heterocycles. The topological polar surface area (TPSA) is 104 Å². The zero-order valence-corrected chi connectivity index (χ0v) is 17.8. The van der Waals surface area contributed by atoms with E-state index in [4.69, 9.17) is 0 Å². The van der Waals surface area contributed by atoms with Crippen LogP contribution in [0.2, 0.25) is 0 Å². The van der Waals surface area contributed by atoms with Gasteiger partial charge in [0.1, 0.15) is 0 Å². The van der Waals surface area contributed by atoms with E-state index in [2.05, 4.69) is 5.32 Å². The molecule has 0 aromatic heterocycles. The van der Waals surface area contributed by atoms with Crippen LogP contribution in [0.3, 0.4) is 0 Å². The van der Waals surface area contributed by atoms with Crippen LogP contribution in [0.25, 0.3) is 6.08 Å². The van der Waals surface area contributed by atoms with E-state index in [-0.39, 0.29) is 11.7 Å². The van der Waals surface area contributed by atoms with Crippen molar-refractivity contribution < 1.29 is 21.6 Å². The molecule has 1 aliphatic heterocycles. The molecule has 156 valence electrons. The van der Waals surface area contributed by atoms with Gasteiger partial charge in [0.15, 0.2) is 0 Å². The first kappa shape index (κ1) is 22.4. The van der Waals surface area contributed by atoms with Crippen molar-refractivity contribution in [1.82, 2.24) is 9.62 Å². The molecule has 0 unspecified atom stereocenters. The Morgan fingerprint density at radius 2 is 1.96 bits per heavy atom. The lowest BCUT2D eigenvalue weighted by Crippen LogP contribution is -2.33. The number of carbonyl (C=O) groups excluding carboxylic acids is 1. The number of benzene rings is 1. The number of amides is 1. The summed E-state index contributed by atoms with van der Waals surface area (Å²) in [7, 11) is -6.41. The molecule has 1 aromatic rings. The van der Waals surface area contributed by atoms with Crippen molar-refractivity contribution in [3.63, 3.8) is 0 Å². The zero-order valence-electron chi connectivity index (χ0n) is 16.2. The van der Waals surface area contributed by atoms with Crippen LogP contribution in [0.1, 0.15) is 25.3 Å². The van der Waals surface area contributed by atoms with Gasteiger partial charge in [0.25, 0.3) is 0 Å². The van der Waals surface area contributed by atoms with Gasteiger partial charge in [-0.15, -0.1) is 0 Å². The van der Waals surface area contributed by atoms with Crippen molar-refractivity contribution in [3.05, 3.63) is 35.9 Å². The van der Waals surface area contributed by atoms with Crippen LogP contribution in [0.4, 0.5) is 5.69 Å². The third kappa shape index (κ3) is 6.32. The van der Waals surface area contributed by atoms with E-state index >= 15 is 0 Å². The van der Waals surface area contributed by atoms with E-state index < -0.39 is 20.0 Å². The normalized spacial score (nSPS) is 16.8. The van der Waals surface area contributed by atoms with Gasteiger partial charge in [-0.2, -0.15) is 0 Å². The fourth-order valence-electron chi connectivity index (χ4n) is 2.94. The first-order chi connectivity index (χ1) is 13.1. The number of nitrogens with zero attached hydrogens (tertiary/aromatic N) is 2. The SMILES string of the molecule is CCN(CCCNC(=O)C=Cc1ccc(N2CCCS2(=O)=O)cc1)S(C)(=O)=O. The van der Waals surface area contributed by atoms with Crippen LogP contribution in [-0.4, -0.2) is 65.2 Å². The molecule has 1 aliphatic rings. The number of nitrogens with one attached hydrogen (secondary N) is 1. The second kappa shape index (κ2) is 9.53. The number of anilines is 1. The van der Waals surface area contributed by atoms with Gasteiger partial charge < -0.3 is 5.32 Å². The first-order valence-corrected chi connectivity index (χ1v) is 12.6. The quantitative estimate of drug-likeness (QED) is 0.466. The Morgan fingerprint density at radius 3 is 2.50 bits per heavy atom. The van der Waals surface area contributed by atoms with Gasteiger partial charge in [-0.3, -0.25) is 9.10 Å². The third-order valence-electron chi connectivity index (χ3n) is 4.41. The molecule has 0 bridgehead atoms. The van der Waals surface area contributed by atoms with E-state index in [1.807, 2.05) is 0 Å². The van der Waals surface area contributed by atoms with Crippen molar-refractivity contribution in [1.29, 1.82) is 0 Å². The second-order valence-electron chi connectivity index (χ2n) is 6.57. The summed E-state index contributed by atoms with van der Waals surface area (Å²) in [4.78, 5) is 11.9. The molecule has 1 aromatic carbocycles. The summed E-state index contributed by atoms with van der Waals surface area (Å²) in [6.45, 7) is 3.41. The largest absolute Gasteiger partial charge is 0.353 e. The molecule has 1 saturated heterocycles. The van der Waals surface area contributed by atoms with Gasteiger partial charge in [0.05, 0.1) is 17.7 Å². The van der Waals surface area contributed by atoms with Crippen LogP contribution >= 0.6 is 0 Å². The van der Waals surface area contributed by atoms with Gasteiger partial charge in [-0.1, -0.05) is 19.1 Å². The predicted molar refractivity (Wildman–Crippen MR) is 111 cm³/mol. The Balaban J connectivity index is 1.81. The Hall–Kier alpha value is -1.91. The molecule has 0 atom stereocenters. The minimum atomic E-state index is -3.21. The molecule has 1 amide bonds. The smallest absolute Gasteiger partial charge is 0.243 e. The molecule has 0 spiro atoms. The van der Waals surface area contributed by atoms with Crippen LogP contribution in [0.5, 0.6) is 0 Å². The number of rotatable bonds is 9. The van der Waals surface area contributed by atoms with Crippen LogP contribution in [0, 0.1) is 0 Å². The first-order valence-electron chi connectivity index (χ1n) is 9.15. The fraction of sp³-hybridized carbons (Fsp3) is 0.500. The highest BCUT2D eigenvalue weighted by atomic mass is 32.2. The molecule has 0 saturated carbocycles. The van der Waals surface area contributed by atoms with E-state index in [0.717, 1.165) is 5.56 Å². The van der Waals surface area contributed by atoms with Gasteiger partial charge in [-0.05, 0) is 36.6 Å². The van der Waals surface area contributed by atoms with Crippen molar-refractivity contribution >= 4 is 37.7 Å². The van der Waals surface area contributed by atoms with Gasteiger partial charge in [0, 0.05) is 32.3 Å². The number of carbonyl (C=O) groups is 1. The maximum Gasteiger partial charge on any atom is 0.243 e. The Labute approximate surface area is 167 Å². The Kier molecular flexibility index (Phi) is 7.62. The zero-order chi connectivity index (χ0) is 20.8. The van der Waals surface area contributed by atoms with Crippen molar-refractivity contribution in [2.24, 2.45) is 0 Å². The van der Waals surface area contributed by atoms with Crippen molar-refractivity contribution in [2.75, 3.05) is 42.5 Å². The monoisotopic (exact) mass is 429 g/mol. The number of sulfonamides is 2. The van der Waals surface area contributed by atoms with Gasteiger partial charge in [-0.25, -0.2) is 21.1 Å². The molecular formula is C18H27N3O5S2. The minimum absolute atomic E-state index is 0.176. The standard InChI is InChI=1S/C18H27N3O5S2/c1-3-20(27(2,23)24)13-4-12-19-18(22)11-8-16-6-9-17(10-7-16)21-14-5-15-28(21,25)26/h6-11H,3-5,12-15H2,1-2H3,(H,19,22).